The van der Waals surface area contributed by atoms with Crippen molar-refractivity contribution < 1.29 is 13.2 Å². The molecule has 88 valence electrons. The molecule has 4 N–H and O–H groups in total. The molecule has 1 aromatic carbocycles. The number of amides is 1. The van der Waals surface area contributed by atoms with E-state index in [-0.39, 0.29) is 4.90 Å². The second kappa shape index (κ2) is 3.88. The summed E-state index contributed by atoms with van der Waals surface area (Å²) >= 11 is 0. The van der Waals surface area contributed by atoms with Gasteiger partial charge in [-0.3, -0.25) is 4.79 Å². The van der Waals surface area contributed by atoms with E-state index in [4.69, 9.17) is 11.5 Å². The number of benzene rings is 1. The molecule has 0 aliphatic heterocycles. The van der Waals surface area contributed by atoms with E-state index in [1.807, 2.05) is 0 Å². The van der Waals surface area contributed by atoms with Crippen molar-refractivity contribution in [1.82, 2.24) is 0 Å². The van der Waals surface area contributed by atoms with Gasteiger partial charge in [0.15, 0.2) is 9.84 Å². The van der Waals surface area contributed by atoms with E-state index < -0.39 is 21.3 Å². The normalized spacial score (nSPS) is 15.4. The molecule has 0 spiro atoms. The number of primary amides is 1. The Labute approximate surface area is 94.4 Å². The highest BCUT2D eigenvalue weighted by molar-refractivity contribution is 7.90. The quantitative estimate of drug-likeness (QED) is 0.762. The van der Waals surface area contributed by atoms with Crippen molar-refractivity contribution >= 4 is 15.7 Å². The van der Waals surface area contributed by atoms with Crippen molar-refractivity contribution in [3.05, 3.63) is 29.8 Å². The lowest BCUT2D eigenvalue weighted by Gasteiger charge is -2.20. The van der Waals surface area contributed by atoms with Gasteiger partial charge in [-0.05, 0) is 24.6 Å². The number of rotatable bonds is 3. The van der Waals surface area contributed by atoms with Crippen LogP contribution in [0.15, 0.2) is 29.2 Å². The van der Waals surface area contributed by atoms with Gasteiger partial charge in [0.25, 0.3) is 0 Å². The zero-order valence-corrected chi connectivity index (χ0v) is 9.91. The number of sulfone groups is 1. The number of hydrogen-bond donors (Lipinski definition) is 2. The summed E-state index contributed by atoms with van der Waals surface area (Å²) in [7, 11) is -3.24. The van der Waals surface area contributed by atoms with Crippen LogP contribution in [0.4, 0.5) is 0 Å². The van der Waals surface area contributed by atoms with Crippen LogP contribution >= 0.6 is 0 Å². The summed E-state index contributed by atoms with van der Waals surface area (Å²) in [5, 5.41) is 0. The first-order valence-electron chi connectivity index (χ1n) is 4.55. The first-order valence-corrected chi connectivity index (χ1v) is 6.44. The third-order valence-corrected chi connectivity index (χ3v) is 3.52. The molecule has 6 heteroatoms. The summed E-state index contributed by atoms with van der Waals surface area (Å²) in [4.78, 5) is 11.3. The van der Waals surface area contributed by atoms with Crippen LogP contribution in [0.2, 0.25) is 0 Å². The maximum atomic E-state index is 11.2. The van der Waals surface area contributed by atoms with Crippen LogP contribution in [0.3, 0.4) is 0 Å². The van der Waals surface area contributed by atoms with Gasteiger partial charge in [0.05, 0.1) is 4.90 Å². The Morgan fingerprint density at radius 3 is 2.00 bits per heavy atom. The van der Waals surface area contributed by atoms with Gasteiger partial charge >= 0.3 is 0 Å². The summed E-state index contributed by atoms with van der Waals surface area (Å²) in [6.07, 6.45) is 1.11. The van der Waals surface area contributed by atoms with E-state index >= 15 is 0 Å². The summed E-state index contributed by atoms with van der Waals surface area (Å²) < 4.78 is 22.4. The fraction of sp³-hybridized carbons (Fsp3) is 0.300. The second-order valence-corrected chi connectivity index (χ2v) is 5.88. The van der Waals surface area contributed by atoms with Crippen molar-refractivity contribution in [2.75, 3.05) is 6.26 Å². The summed E-state index contributed by atoms with van der Waals surface area (Å²) in [6, 6.07) is 5.78. The largest absolute Gasteiger partial charge is 0.368 e. The molecule has 0 fully saturated rings. The lowest BCUT2D eigenvalue weighted by atomic mass is 9.93. The average molecular weight is 242 g/mol. The van der Waals surface area contributed by atoms with Crippen LogP contribution in [0.25, 0.3) is 0 Å². The SMILES string of the molecule is CC(N)(C(N)=O)c1ccc(S(C)(=O)=O)cc1. The molecule has 0 aliphatic carbocycles. The lowest BCUT2D eigenvalue weighted by molar-refractivity contribution is -0.122. The Kier molecular flexibility index (Phi) is 3.07. The van der Waals surface area contributed by atoms with Crippen molar-refractivity contribution in [3.8, 4) is 0 Å². The molecule has 0 heterocycles. The van der Waals surface area contributed by atoms with Crippen molar-refractivity contribution in [2.24, 2.45) is 11.5 Å². The second-order valence-electron chi connectivity index (χ2n) is 3.86. The minimum absolute atomic E-state index is 0.177. The van der Waals surface area contributed by atoms with Gasteiger partial charge in [-0.25, -0.2) is 8.42 Å². The molecule has 0 bridgehead atoms. The predicted molar refractivity (Wildman–Crippen MR) is 60.3 cm³/mol. The maximum Gasteiger partial charge on any atom is 0.241 e. The van der Waals surface area contributed by atoms with Crippen LogP contribution in [-0.2, 0) is 20.2 Å². The van der Waals surface area contributed by atoms with Gasteiger partial charge < -0.3 is 11.5 Å². The third-order valence-electron chi connectivity index (χ3n) is 2.39. The number of nitrogens with two attached hydrogens (primary N) is 2. The van der Waals surface area contributed by atoms with Gasteiger partial charge in [0, 0.05) is 6.26 Å². The van der Waals surface area contributed by atoms with E-state index in [1.165, 1.54) is 31.2 Å². The van der Waals surface area contributed by atoms with Crippen molar-refractivity contribution in [1.29, 1.82) is 0 Å². The standard InChI is InChI=1S/C10H14N2O3S/c1-10(12,9(11)13)7-3-5-8(6-4-7)16(2,14)15/h3-6H,12H2,1-2H3,(H2,11,13). The van der Waals surface area contributed by atoms with Crippen molar-refractivity contribution in [3.63, 3.8) is 0 Å². The molecule has 1 aromatic rings. The van der Waals surface area contributed by atoms with E-state index in [0.717, 1.165) is 6.26 Å². The molecule has 1 unspecified atom stereocenters. The van der Waals surface area contributed by atoms with E-state index in [9.17, 15) is 13.2 Å². The first kappa shape index (κ1) is 12.7. The summed E-state index contributed by atoms with van der Waals surface area (Å²) in [6.45, 7) is 1.48. The topological polar surface area (TPSA) is 103 Å². The van der Waals surface area contributed by atoms with E-state index in [0.29, 0.717) is 5.56 Å². The van der Waals surface area contributed by atoms with Crippen LogP contribution in [0, 0.1) is 0 Å². The van der Waals surface area contributed by atoms with Gasteiger partial charge in [0.2, 0.25) is 5.91 Å². The smallest absolute Gasteiger partial charge is 0.241 e. The molecule has 5 nitrogen and oxygen atoms in total. The fourth-order valence-corrected chi connectivity index (χ4v) is 1.82. The van der Waals surface area contributed by atoms with Crippen LogP contribution in [0.5, 0.6) is 0 Å². The molecule has 0 aromatic heterocycles. The molecule has 0 saturated heterocycles. The average Bonchev–Trinajstić information content (AvgIpc) is 2.16. The molecule has 1 atom stereocenters. The Hall–Kier alpha value is -1.40. The Bertz CT molecular complexity index is 503. The Morgan fingerprint density at radius 2 is 1.69 bits per heavy atom. The van der Waals surface area contributed by atoms with Gasteiger partial charge in [-0.2, -0.15) is 0 Å². The third kappa shape index (κ3) is 2.40. The molecule has 1 amide bonds. The highest BCUT2D eigenvalue weighted by Crippen LogP contribution is 2.19. The van der Waals surface area contributed by atoms with Gasteiger partial charge in [-0.15, -0.1) is 0 Å². The minimum Gasteiger partial charge on any atom is -0.368 e. The molecule has 0 aliphatic rings. The molecular weight excluding hydrogens is 228 g/mol. The van der Waals surface area contributed by atoms with E-state index in [2.05, 4.69) is 0 Å². The first-order chi connectivity index (χ1) is 7.15. The lowest BCUT2D eigenvalue weighted by Crippen LogP contribution is -2.46. The highest BCUT2D eigenvalue weighted by atomic mass is 32.2. The Balaban J connectivity index is 3.19. The van der Waals surface area contributed by atoms with Crippen molar-refractivity contribution in [2.45, 2.75) is 17.4 Å². The number of hydrogen-bond acceptors (Lipinski definition) is 4. The molecule has 16 heavy (non-hydrogen) atoms. The van der Waals surface area contributed by atoms with Gasteiger partial charge in [0.1, 0.15) is 5.54 Å². The molecule has 0 saturated carbocycles. The minimum atomic E-state index is -3.24. The van der Waals surface area contributed by atoms with E-state index in [1.54, 1.807) is 0 Å². The highest BCUT2D eigenvalue weighted by Gasteiger charge is 2.28. The molecule has 0 radical (unpaired) electrons. The van der Waals surface area contributed by atoms with Crippen LogP contribution in [-0.4, -0.2) is 20.6 Å². The fourth-order valence-electron chi connectivity index (χ4n) is 1.19. The van der Waals surface area contributed by atoms with Crippen LogP contribution < -0.4 is 11.5 Å². The monoisotopic (exact) mass is 242 g/mol. The Morgan fingerprint density at radius 1 is 1.25 bits per heavy atom. The summed E-state index contributed by atoms with van der Waals surface area (Å²) in [5.41, 5.74) is 10.0. The molecule has 1 rings (SSSR count). The number of carbonyl (C=O) groups is 1. The zero-order chi connectivity index (χ0) is 12.6. The number of carbonyl (C=O) groups excluding carboxylic acids is 1. The zero-order valence-electron chi connectivity index (χ0n) is 9.10. The maximum absolute atomic E-state index is 11.2. The van der Waals surface area contributed by atoms with Crippen LogP contribution in [0.1, 0.15) is 12.5 Å². The summed E-state index contributed by atoms with van der Waals surface area (Å²) in [5.74, 6) is -0.667. The predicted octanol–water partition coefficient (Wildman–Crippen LogP) is -0.251. The van der Waals surface area contributed by atoms with Gasteiger partial charge in [-0.1, -0.05) is 12.1 Å². The molecular formula is C10H14N2O3S.